The van der Waals surface area contributed by atoms with Crippen LogP contribution in [0.25, 0.3) is 61.7 Å². The summed E-state index contributed by atoms with van der Waals surface area (Å²) in [6, 6.07) is 48.2. The van der Waals surface area contributed by atoms with Gasteiger partial charge in [-0.1, -0.05) is 186 Å². The Bertz CT molecular complexity index is 2620. The fourth-order valence-electron chi connectivity index (χ4n) is 10.1. The minimum absolute atomic E-state index is 0.0901. The fraction of sp³-hybridized carbons (Fsp3) is 0.200. The van der Waals surface area contributed by atoms with Crippen LogP contribution in [0.1, 0.15) is 81.2 Å². The van der Waals surface area contributed by atoms with Crippen LogP contribution in [0.4, 0.5) is 0 Å². The van der Waals surface area contributed by atoms with E-state index in [-0.39, 0.29) is 10.8 Å². The smallest absolute Gasteiger partial charge is 0.0346 e. The summed E-state index contributed by atoms with van der Waals surface area (Å²) in [6.45, 7) is 11.6. The first-order valence-corrected chi connectivity index (χ1v) is 20.3. The van der Waals surface area contributed by atoms with Gasteiger partial charge in [0.05, 0.1) is 0 Å². The normalized spacial score (nSPS) is 17.1. The minimum atomic E-state index is 0.0901. The molecule has 0 fully saturated rings. The molecule has 4 aliphatic carbocycles. The molecule has 268 valence electrons. The third-order valence-electron chi connectivity index (χ3n) is 13.3. The molecule has 0 saturated carbocycles. The van der Waals surface area contributed by atoms with Crippen molar-refractivity contribution in [2.75, 3.05) is 0 Å². The molecule has 0 aromatic heterocycles. The number of hydrogen-bond donors (Lipinski definition) is 0. The first kappa shape index (κ1) is 33.8. The Balaban J connectivity index is 0.884. The van der Waals surface area contributed by atoms with Crippen molar-refractivity contribution in [2.24, 2.45) is 5.41 Å². The molecule has 10 rings (SSSR count). The monoisotopic (exact) mass is 708 g/mol. The van der Waals surface area contributed by atoms with Gasteiger partial charge in [0, 0.05) is 11.3 Å². The molecule has 0 bridgehead atoms. The van der Waals surface area contributed by atoms with Crippen molar-refractivity contribution < 1.29 is 0 Å². The molecule has 0 heterocycles. The summed E-state index contributed by atoms with van der Waals surface area (Å²) in [7, 11) is 0. The van der Waals surface area contributed by atoms with Crippen LogP contribution in [0.2, 0.25) is 0 Å². The highest BCUT2D eigenvalue weighted by molar-refractivity contribution is 5.85. The average Bonchev–Trinajstić information content (AvgIpc) is 3.51. The van der Waals surface area contributed by atoms with Crippen molar-refractivity contribution >= 4 is 6.08 Å². The highest BCUT2D eigenvalue weighted by atomic mass is 14.4. The van der Waals surface area contributed by atoms with Crippen LogP contribution in [0.3, 0.4) is 0 Å². The zero-order valence-electron chi connectivity index (χ0n) is 32.7. The van der Waals surface area contributed by atoms with Crippen molar-refractivity contribution in [3.63, 3.8) is 0 Å². The molecule has 0 amide bonds. The third-order valence-corrected chi connectivity index (χ3v) is 13.3. The van der Waals surface area contributed by atoms with Crippen molar-refractivity contribution in [3.05, 3.63) is 196 Å². The largest absolute Gasteiger partial charge is 0.0759 e. The summed E-state index contributed by atoms with van der Waals surface area (Å²) in [5.41, 5.74) is 24.9. The van der Waals surface area contributed by atoms with Gasteiger partial charge in [-0.3, -0.25) is 0 Å². The molecule has 0 nitrogen and oxygen atoms in total. The van der Waals surface area contributed by atoms with Gasteiger partial charge in [-0.15, -0.1) is 0 Å². The van der Waals surface area contributed by atoms with Crippen LogP contribution < -0.4 is 0 Å². The molecule has 6 aromatic carbocycles. The topological polar surface area (TPSA) is 0 Å². The van der Waals surface area contributed by atoms with Gasteiger partial charge in [0.25, 0.3) is 0 Å². The predicted octanol–water partition coefficient (Wildman–Crippen LogP) is 14.9. The molecular formula is C55H48. The van der Waals surface area contributed by atoms with Crippen LogP contribution >= 0.6 is 0 Å². The van der Waals surface area contributed by atoms with Gasteiger partial charge in [0.15, 0.2) is 0 Å². The summed E-state index contributed by atoms with van der Waals surface area (Å²) in [5.74, 6) is 0.350. The standard InChI is InChI=1S/C55H48/c1-6-55(7-2)50-11-9-8-10-47(50)48-30-27-42(34-51(48)55)39-18-16-37(17-19-39)35-12-14-36(15-13-35)38-20-22-40(23-21-38)46-29-26-41-24-25-43-32-45(54(3,4)5)33-44-28-31-49(46)53(41)52(43)44/h8-30,32-34,52H,6-7,31H2,1-5H3. The van der Waals surface area contributed by atoms with E-state index in [0.29, 0.717) is 5.92 Å². The molecule has 0 N–H and O–H groups in total. The Morgan fingerprint density at radius 3 is 1.69 bits per heavy atom. The number of rotatable bonds is 6. The molecule has 0 heteroatoms. The van der Waals surface area contributed by atoms with E-state index in [1.165, 1.54) is 100 Å². The Morgan fingerprint density at radius 1 is 0.527 bits per heavy atom. The van der Waals surface area contributed by atoms with Gasteiger partial charge >= 0.3 is 0 Å². The van der Waals surface area contributed by atoms with Gasteiger partial charge < -0.3 is 0 Å². The van der Waals surface area contributed by atoms with Gasteiger partial charge in [-0.2, -0.15) is 0 Å². The molecule has 4 aliphatic rings. The van der Waals surface area contributed by atoms with E-state index in [4.69, 9.17) is 0 Å². The van der Waals surface area contributed by atoms with Crippen LogP contribution in [-0.4, -0.2) is 0 Å². The molecular weight excluding hydrogens is 661 g/mol. The quantitative estimate of drug-likeness (QED) is 0.162. The Labute approximate surface area is 327 Å². The SMILES string of the molecule is CCC1(CC)c2ccccc2-c2ccc(-c3ccc(-c4ccc(-c5ccc(-c6ccc7c8c6CC=C6C=C(C(C)(C)C)C=C(C=C7)C68)cc5)cc4)cc3)cc21. The molecule has 0 saturated heterocycles. The maximum atomic E-state index is 2.48. The second-order valence-electron chi connectivity index (χ2n) is 17.1. The van der Waals surface area contributed by atoms with Crippen LogP contribution in [0.5, 0.6) is 0 Å². The fourth-order valence-corrected chi connectivity index (χ4v) is 10.1. The summed E-state index contributed by atoms with van der Waals surface area (Å²) in [6.07, 6.45) is 15.3. The van der Waals surface area contributed by atoms with Gasteiger partial charge in [-0.05, 0) is 131 Å². The van der Waals surface area contributed by atoms with E-state index in [0.717, 1.165) is 19.3 Å². The second-order valence-corrected chi connectivity index (χ2v) is 17.1. The zero-order valence-corrected chi connectivity index (χ0v) is 32.7. The molecule has 6 aromatic rings. The lowest BCUT2D eigenvalue weighted by Crippen LogP contribution is -2.23. The Hall–Kier alpha value is -5.72. The number of hydrogen-bond acceptors (Lipinski definition) is 0. The lowest BCUT2D eigenvalue weighted by Gasteiger charge is -2.37. The molecule has 1 unspecified atom stereocenters. The first-order valence-electron chi connectivity index (χ1n) is 20.3. The Morgan fingerprint density at radius 2 is 1.07 bits per heavy atom. The lowest BCUT2D eigenvalue weighted by molar-refractivity contribution is 0.490. The van der Waals surface area contributed by atoms with E-state index in [9.17, 15) is 0 Å². The lowest BCUT2D eigenvalue weighted by atomic mass is 9.67. The number of allylic oxidation sites excluding steroid dienone is 7. The van der Waals surface area contributed by atoms with Crippen LogP contribution in [0.15, 0.2) is 168 Å². The van der Waals surface area contributed by atoms with Crippen molar-refractivity contribution in [1.29, 1.82) is 0 Å². The minimum Gasteiger partial charge on any atom is -0.0759 e. The Kier molecular flexibility index (Phi) is 7.79. The average molecular weight is 709 g/mol. The van der Waals surface area contributed by atoms with Crippen molar-refractivity contribution in [3.8, 4) is 55.6 Å². The van der Waals surface area contributed by atoms with Crippen LogP contribution in [0, 0.1) is 5.41 Å². The van der Waals surface area contributed by atoms with Crippen molar-refractivity contribution in [1.82, 2.24) is 0 Å². The highest BCUT2D eigenvalue weighted by Crippen LogP contribution is 2.54. The van der Waals surface area contributed by atoms with E-state index < -0.39 is 0 Å². The van der Waals surface area contributed by atoms with Gasteiger partial charge in [0.2, 0.25) is 0 Å². The molecule has 0 radical (unpaired) electrons. The first-order chi connectivity index (χ1) is 26.8. The van der Waals surface area contributed by atoms with Gasteiger partial charge in [-0.25, -0.2) is 0 Å². The summed E-state index contributed by atoms with van der Waals surface area (Å²) in [4.78, 5) is 0. The van der Waals surface area contributed by atoms with Gasteiger partial charge in [0.1, 0.15) is 0 Å². The van der Waals surface area contributed by atoms with Crippen LogP contribution in [-0.2, 0) is 11.8 Å². The second kappa shape index (κ2) is 12.7. The van der Waals surface area contributed by atoms with E-state index in [2.05, 4.69) is 192 Å². The zero-order chi connectivity index (χ0) is 37.5. The molecule has 55 heavy (non-hydrogen) atoms. The molecule has 1 atom stereocenters. The summed E-state index contributed by atoms with van der Waals surface area (Å²) >= 11 is 0. The highest BCUT2D eigenvalue weighted by Gasteiger charge is 2.40. The van der Waals surface area contributed by atoms with E-state index in [1.54, 1.807) is 0 Å². The summed E-state index contributed by atoms with van der Waals surface area (Å²) in [5, 5.41) is 0. The number of benzene rings is 6. The summed E-state index contributed by atoms with van der Waals surface area (Å²) < 4.78 is 0. The molecule has 0 aliphatic heterocycles. The van der Waals surface area contributed by atoms with E-state index in [1.807, 2.05) is 0 Å². The predicted molar refractivity (Wildman–Crippen MR) is 234 cm³/mol. The number of fused-ring (bicyclic) bond motifs is 3. The van der Waals surface area contributed by atoms with Crippen molar-refractivity contribution in [2.45, 2.75) is 65.2 Å². The maximum absolute atomic E-state index is 2.48. The third kappa shape index (κ3) is 5.33. The maximum Gasteiger partial charge on any atom is 0.0346 e. The van der Waals surface area contributed by atoms with E-state index >= 15 is 0 Å². The molecule has 0 spiro atoms.